The summed E-state index contributed by atoms with van der Waals surface area (Å²) >= 11 is 5.55. The molecule has 0 atom stereocenters. The van der Waals surface area contributed by atoms with Gasteiger partial charge in [0.2, 0.25) is 0 Å². The topological polar surface area (TPSA) is 53.5 Å². The van der Waals surface area contributed by atoms with Crippen LogP contribution in [-0.4, -0.2) is 28.7 Å². The van der Waals surface area contributed by atoms with Gasteiger partial charge in [-0.05, 0) is 78.9 Å². The second-order valence-corrected chi connectivity index (χ2v) is 26.1. The van der Waals surface area contributed by atoms with Crippen LogP contribution in [0, 0.1) is 0 Å². The Morgan fingerprint density at radius 1 is 0.200 bits per heavy atom. The fourth-order valence-corrected chi connectivity index (χ4v) is 17.8. The molecule has 12 aromatic carbocycles. The van der Waals surface area contributed by atoms with Gasteiger partial charge in [-0.15, -0.1) is 34.0 Å². The first-order valence-electron chi connectivity index (χ1n) is 30.2. The number of aromatic nitrogens is 6. The smallest absolute Gasteiger partial charge is 0.0970 e. The summed E-state index contributed by atoms with van der Waals surface area (Å²) in [5.41, 5.74) is 13.9. The van der Waals surface area contributed by atoms with E-state index in [0.29, 0.717) is 0 Å². The van der Waals surface area contributed by atoms with Crippen molar-refractivity contribution in [3.63, 3.8) is 0 Å². The van der Waals surface area contributed by atoms with Crippen LogP contribution in [0.1, 0.15) is 0 Å². The van der Waals surface area contributed by atoms with Gasteiger partial charge < -0.3 is 13.7 Å². The minimum atomic E-state index is 1.06. The minimum absolute atomic E-state index is 1.06. The fourth-order valence-electron chi connectivity index (χ4n) is 14.2. The standard InChI is InChI=1S/3C27H16N2S/c1-2-8-17(9-3-1)29-23-12-6-4-11-21(23)25-26(29)19-14-15-20-18-10-5-7-13-24(18)30-27(20)22(19)16-28-25;1-2-8-17(9-3-1)29-23-12-6-4-10-18(23)22-16-28-25-21(26(22)29)15-14-20-19-11-5-7-13-24(19)30-27(20)25;1-2-8-17(9-3-1)29-23-12-6-4-10-18(23)20-14-15-21-25(26(20)29)28-16-22-19-11-5-7-13-24(19)30-27(21)22/h3*1-16H. The maximum atomic E-state index is 5.03. The summed E-state index contributed by atoms with van der Waals surface area (Å²) in [5, 5.41) is 18.8. The van der Waals surface area contributed by atoms with E-state index in [0.717, 1.165) is 27.9 Å². The van der Waals surface area contributed by atoms with Crippen LogP contribution in [0.15, 0.2) is 292 Å². The second-order valence-electron chi connectivity index (χ2n) is 22.9. The first kappa shape index (κ1) is 51.0. The molecule has 0 spiro atoms. The van der Waals surface area contributed by atoms with Crippen LogP contribution in [0.3, 0.4) is 0 Å². The minimum Gasteiger partial charge on any atom is -0.309 e. The van der Waals surface area contributed by atoms with Gasteiger partial charge in [-0.3, -0.25) is 15.0 Å². The van der Waals surface area contributed by atoms with Crippen molar-refractivity contribution in [3.8, 4) is 17.1 Å². The number of para-hydroxylation sites is 6. The third-order valence-electron chi connectivity index (χ3n) is 18.1. The molecule has 0 amide bonds. The van der Waals surface area contributed by atoms with Crippen LogP contribution >= 0.6 is 34.0 Å². The van der Waals surface area contributed by atoms with Gasteiger partial charge in [0.1, 0.15) is 0 Å². The van der Waals surface area contributed by atoms with E-state index < -0.39 is 0 Å². The quantitative estimate of drug-likeness (QED) is 0.177. The highest BCUT2D eigenvalue weighted by Gasteiger charge is 2.22. The SMILES string of the molecule is c1ccc(-n2c3ccccc3c3ccc4c(ncc5c6ccccc6sc54)c32)cc1.c1ccc(-n2c3ccccc3c3cnc4c(ccc5c6ccccc6sc54)c32)cc1.c1ccc(-n2c3ccccc3c3ncc4c(ccc5c6ccccc6sc54)c32)cc1. The van der Waals surface area contributed by atoms with Crippen LogP contribution in [0.2, 0.25) is 0 Å². The van der Waals surface area contributed by atoms with Crippen LogP contribution in [0.4, 0.5) is 0 Å². The van der Waals surface area contributed by atoms with E-state index in [4.69, 9.17) is 15.0 Å². The lowest BCUT2D eigenvalue weighted by molar-refractivity contribution is 1.18. The summed E-state index contributed by atoms with van der Waals surface area (Å²) in [6, 6.07) is 97.1. The highest BCUT2D eigenvalue weighted by atomic mass is 32.1. The van der Waals surface area contributed by atoms with Gasteiger partial charge in [0, 0.05) is 140 Å². The summed E-state index contributed by atoms with van der Waals surface area (Å²) in [4.78, 5) is 15.0. The van der Waals surface area contributed by atoms with E-state index in [1.807, 2.05) is 34.0 Å². The van der Waals surface area contributed by atoms with E-state index in [1.165, 1.54) is 148 Å². The van der Waals surface area contributed by atoms with Crippen molar-refractivity contribution in [2.45, 2.75) is 0 Å². The number of thiophene rings is 3. The molecule has 0 aliphatic rings. The van der Waals surface area contributed by atoms with Gasteiger partial charge >= 0.3 is 0 Å². The van der Waals surface area contributed by atoms with Crippen LogP contribution in [0.25, 0.3) is 176 Å². The molecule has 0 unspecified atom stereocenters. The van der Waals surface area contributed by atoms with Crippen molar-refractivity contribution in [1.82, 2.24) is 28.7 Å². The lowest BCUT2D eigenvalue weighted by Crippen LogP contribution is -1.94. The number of hydrogen-bond donors (Lipinski definition) is 0. The Bertz CT molecular complexity index is 5840. The van der Waals surface area contributed by atoms with E-state index in [-0.39, 0.29) is 0 Å². The van der Waals surface area contributed by atoms with E-state index in [9.17, 15) is 0 Å². The molecule has 0 saturated heterocycles. The maximum absolute atomic E-state index is 5.03. The molecule has 9 aromatic heterocycles. The zero-order valence-electron chi connectivity index (χ0n) is 48.1. The molecule has 21 rings (SSSR count). The summed E-state index contributed by atoms with van der Waals surface area (Å²) in [6.07, 6.45) is 6.18. The molecule has 0 aliphatic carbocycles. The lowest BCUT2D eigenvalue weighted by Gasteiger charge is -2.09. The molecule has 6 nitrogen and oxygen atoms in total. The second kappa shape index (κ2) is 20.2. The van der Waals surface area contributed by atoms with E-state index in [2.05, 4.69) is 305 Å². The monoisotopic (exact) mass is 1200 g/mol. The molecule has 90 heavy (non-hydrogen) atoms. The Kier molecular flexibility index (Phi) is 11.5. The Hall–Kier alpha value is -11.1. The van der Waals surface area contributed by atoms with Crippen LogP contribution < -0.4 is 0 Å². The van der Waals surface area contributed by atoms with Crippen molar-refractivity contribution >= 4 is 193 Å². The van der Waals surface area contributed by atoms with Crippen LogP contribution in [-0.2, 0) is 0 Å². The Labute approximate surface area is 526 Å². The predicted octanol–water partition coefficient (Wildman–Crippen LogP) is 23.1. The zero-order valence-corrected chi connectivity index (χ0v) is 50.6. The molecule has 0 fully saturated rings. The average molecular weight is 1200 g/mol. The summed E-state index contributed by atoms with van der Waals surface area (Å²) in [6.45, 7) is 0. The van der Waals surface area contributed by atoms with Crippen molar-refractivity contribution in [1.29, 1.82) is 0 Å². The number of rotatable bonds is 3. The number of benzene rings is 12. The predicted molar refractivity (Wildman–Crippen MR) is 387 cm³/mol. The molecule has 0 aliphatic heterocycles. The number of hydrogen-bond acceptors (Lipinski definition) is 6. The molecule has 0 radical (unpaired) electrons. The first-order valence-corrected chi connectivity index (χ1v) is 32.7. The van der Waals surface area contributed by atoms with Gasteiger partial charge in [0.25, 0.3) is 0 Å². The highest BCUT2D eigenvalue weighted by molar-refractivity contribution is 7.27. The maximum Gasteiger partial charge on any atom is 0.0970 e. The lowest BCUT2D eigenvalue weighted by atomic mass is 10.1. The first-order chi connectivity index (χ1) is 44.7. The van der Waals surface area contributed by atoms with Crippen molar-refractivity contribution in [2.75, 3.05) is 0 Å². The molecule has 9 heterocycles. The Balaban J connectivity index is 0.0000000972. The number of pyridine rings is 3. The molecule has 0 saturated carbocycles. The normalized spacial score (nSPS) is 12.0. The van der Waals surface area contributed by atoms with Crippen LogP contribution in [0.5, 0.6) is 0 Å². The van der Waals surface area contributed by atoms with Crippen molar-refractivity contribution < 1.29 is 0 Å². The molecule has 0 bridgehead atoms. The fraction of sp³-hybridized carbons (Fsp3) is 0. The number of nitrogens with zero attached hydrogens (tertiary/aromatic N) is 6. The van der Waals surface area contributed by atoms with Gasteiger partial charge in [-0.25, -0.2) is 0 Å². The molecule has 9 heteroatoms. The molecule has 420 valence electrons. The highest BCUT2D eigenvalue weighted by Crippen LogP contribution is 2.46. The third-order valence-corrected chi connectivity index (χ3v) is 21.7. The van der Waals surface area contributed by atoms with Gasteiger partial charge in [-0.2, -0.15) is 0 Å². The van der Waals surface area contributed by atoms with Crippen molar-refractivity contribution in [3.05, 3.63) is 292 Å². The largest absolute Gasteiger partial charge is 0.309 e. The molecular formula is C81H48N6S3. The van der Waals surface area contributed by atoms with E-state index in [1.54, 1.807) is 0 Å². The molecule has 21 aromatic rings. The van der Waals surface area contributed by atoms with Gasteiger partial charge in [0.05, 0.1) is 54.4 Å². The number of fused-ring (bicyclic) bond motifs is 27. The van der Waals surface area contributed by atoms with Gasteiger partial charge in [-0.1, -0.05) is 194 Å². The zero-order chi connectivity index (χ0) is 59.0. The summed E-state index contributed by atoms with van der Waals surface area (Å²) in [5.74, 6) is 0. The van der Waals surface area contributed by atoms with Crippen molar-refractivity contribution in [2.24, 2.45) is 0 Å². The Morgan fingerprint density at radius 2 is 0.522 bits per heavy atom. The van der Waals surface area contributed by atoms with E-state index >= 15 is 0 Å². The summed E-state index contributed by atoms with van der Waals surface area (Å²) in [7, 11) is 0. The van der Waals surface area contributed by atoms with Gasteiger partial charge in [0.15, 0.2) is 0 Å². The summed E-state index contributed by atoms with van der Waals surface area (Å²) < 4.78 is 14.9. The molecular weight excluding hydrogens is 1150 g/mol. The Morgan fingerprint density at radius 3 is 1.07 bits per heavy atom. The third kappa shape index (κ3) is 7.64. The molecule has 0 N–H and O–H groups in total. The average Bonchev–Trinajstić information content (AvgIpc) is 1.62.